The molecule has 0 aromatic carbocycles. The Hall–Kier alpha value is -1.06. The van der Waals surface area contributed by atoms with Crippen LogP contribution in [0, 0.1) is 11.8 Å². The fraction of sp³-hybridized carbons (Fsp3) is 0.818. The van der Waals surface area contributed by atoms with Crippen LogP contribution in [0.15, 0.2) is 9.21 Å². The molecule has 0 atom stereocenters. The zero-order chi connectivity index (χ0) is 10.7. The molecule has 0 spiro atoms. The maximum Gasteiger partial charge on any atom is 0.434 e. The molecule has 0 amide bonds. The Morgan fingerprint density at radius 3 is 2.53 bits per heavy atom. The summed E-state index contributed by atoms with van der Waals surface area (Å²) in [6.07, 6.45) is 7.23. The van der Waals surface area contributed by atoms with E-state index >= 15 is 0 Å². The van der Waals surface area contributed by atoms with Crippen LogP contribution < -0.4 is 5.76 Å². The number of H-pyrrole nitrogens is 1. The number of nitrogens with one attached hydrogen (secondary N) is 1. The summed E-state index contributed by atoms with van der Waals surface area (Å²) >= 11 is 0. The normalized spacial score (nSPS) is 26.7. The number of nitrogens with zero attached hydrogens (tertiary/aromatic N) is 1. The van der Waals surface area contributed by atoms with Crippen LogP contribution in [0.25, 0.3) is 0 Å². The minimum Gasteiger partial charge on any atom is -0.392 e. The molecule has 0 saturated heterocycles. The van der Waals surface area contributed by atoms with E-state index in [0.29, 0.717) is 11.8 Å². The lowest BCUT2D eigenvalue weighted by Crippen LogP contribution is -2.16. The van der Waals surface area contributed by atoms with Gasteiger partial charge >= 0.3 is 5.76 Å². The maximum atomic E-state index is 10.7. The molecule has 1 N–H and O–H groups in total. The van der Waals surface area contributed by atoms with Gasteiger partial charge in [0, 0.05) is 6.42 Å². The van der Waals surface area contributed by atoms with E-state index in [-0.39, 0.29) is 0 Å². The third-order valence-electron chi connectivity index (χ3n) is 3.49. The molecule has 0 unspecified atom stereocenters. The standard InChI is InChI=1S/C11H18N2O2/c1-2-8-3-5-9(6-4-8)7-10-12-13-11(14)15-10/h8-9H,2-7H2,1H3,(H,13,14). The first kappa shape index (κ1) is 10.5. The Kier molecular flexibility index (Phi) is 3.23. The second-order valence-electron chi connectivity index (χ2n) is 4.51. The Morgan fingerprint density at radius 2 is 2.00 bits per heavy atom. The number of aromatic nitrogens is 2. The van der Waals surface area contributed by atoms with Gasteiger partial charge < -0.3 is 4.42 Å². The molecule has 0 radical (unpaired) electrons. The summed E-state index contributed by atoms with van der Waals surface area (Å²) in [4.78, 5) is 10.7. The van der Waals surface area contributed by atoms with Crippen molar-refractivity contribution in [2.75, 3.05) is 0 Å². The Balaban J connectivity index is 1.84. The van der Waals surface area contributed by atoms with E-state index in [4.69, 9.17) is 4.42 Å². The van der Waals surface area contributed by atoms with Gasteiger partial charge in [-0.3, -0.25) is 0 Å². The molecule has 0 aliphatic heterocycles. The van der Waals surface area contributed by atoms with Crippen LogP contribution in [0.3, 0.4) is 0 Å². The average molecular weight is 210 g/mol. The SMILES string of the molecule is CCC1CCC(Cc2n[nH]c(=O)o2)CC1. The van der Waals surface area contributed by atoms with Gasteiger partial charge in [-0.25, -0.2) is 9.89 Å². The monoisotopic (exact) mass is 210 g/mol. The molecule has 2 rings (SSSR count). The van der Waals surface area contributed by atoms with Gasteiger partial charge in [-0.1, -0.05) is 26.2 Å². The predicted octanol–water partition coefficient (Wildman–Crippen LogP) is 2.12. The van der Waals surface area contributed by atoms with E-state index in [2.05, 4.69) is 17.1 Å². The summed E-state index contributed by atoms with van der Waals surface area (Å²) in [5.41, 5.74) is 0. The highest BCUT2D eigenvalue weighted by Gasteiger charge is 2.21. The van der Waals surface area contributed by atoms with E-state index in [0.717, 1.165) is 12.3 Å². The van der Waals surface area contributed by atoms with Crippen LogP contribution in [-0.2, 0) is 6.42 Å². The van der Waals surface area contributed by atoms with Crippen LogP contribution in [-0.4, -0.2) is 10.2 Å². The molecule has 84 valence electrons. The quantitative estimate of drug-likeness (QED) is 0.831. The fourth-order valence-corrected chi connectivity index (χ4v) is 2.44. The summed E-state index contributed by atoms with van der Waals surface area (Å²) in [6, 6.07) is 0. The van der Waals surface area contributed by atoms with E-state index in [1.165, 1.54) is 32.1 Å². The molecule has 1 aliphatic carbocycles. The highest BCUT2D eigenvalue weighted by atomic mass is 16.4. The molecule has 15 heavy (non-hydrogen) atoms. The van der Waals surface area contributed by atoms with Gasteiger partial charge in [0.1, 0.15) is 0 Å². The Morgan fingerprint density at radius 1 is 1.33 bits per heavy atom. The van der Waals surface area contributed by atoms with Crippen molar-refractivity contribution in [3.63, 3.8) is 0 Å². The molecule has 1 heterocycles. The summed E-state index contributed by atoms with van der Waals surface area (Å²) < 4.78 is 4.92. The maximum absolute atomic E-state index is 10.7. The van der Waals surface area contributed by atoms with E-state index in [1.54, 1.807) is 0 Å². The number of rotatable bonds is 3. The third kappa shape index (κ3) is 2.70. The van der Waals surface area contributed by atoms with Crippen molar-refractivity contribution in [3.05, 3.63) is 16.4 Å². The minimum absolute atomic E-state index is 0.438. The Bertz CT molecular complexity index is 347. The Labute approximate surface area is 89.1 Å². The van der Waals surface area contributed by atoms with Gasteiger partial charge in [-0.15, -0.1) is 5.10 Å². The lowest BCUT2D eigenvalue weighted by Gasteiger charge is -2.26. The second kappa shape index (κ2) is 4.64. The molecule has 1 aromatic rings. The second-order valence-corrected chi connectivity index (χ2v) is 4.51. The van der Waals surface area contributed by atoms with Crippen LogP contribution in [0.2, 0.25) is 0 Å². The van der Waals surface area contributed by atoms with E-state index < -0.39 is 5.76 Å². The van der Waals surface area contributed by atoms with Crippen LogP contribution >= 0.6 is 0 Å². The van der Waals surface area contributed by atoms with Crippen LogP contribution in [0.5, 0.6) is 0 Å². The van der Waals surface area contributed by atoms with Gasteiger partial charge in [-0.05, 0) is 24.7 Å². The molecule has 1 aliphatic rings. The van der Waals surface area contributed by atoms with Crippen molar-refractivity contribution in [2.45, 2.75) is 45.4 Å². The van der Waals surface area contributed by atoms with Crippen LogP contribution in [0.1, 0.15) is 44.9 Å². The van der Waals surface area contributed by atoms with E-state index in [1.807, 2.05) is 0 Å². The molecular weight excluding hydrogens is 192 g/mol. The first-order valence-corrected chi connectivity index (χ1v) is 5.82. The summed E-state index contributed by atoms with van der Waals surface area (Å²) in [6.45, 7) is 2.26. The smallest absolute Gasteiger partial charge is 0.392 e. The zero-order valence-electron chi connectivity index (χ0n) is 9.16. The van der Waals surface area contributed by atoms with Gasteiger partial charge in [0.2, 0.25) is 5.89 Å². The van der Waals surface area contributed by atoms with Crippen molar-refractivity contribution in [2.24, 2.45) is 11.8 Å². The summed E-state index contributed by atoms with van der Waals surface area (Å²) in [5, 5.41) is 6.15. The third-order valence-corrected chi connectivity index (χ3v) is 3.49. The highest BCUT2D eigenvalue weighted by molar-refractivity contribution is 4.81. The van der Waals surface area contributed by atoms with Gasteiger partial charge in [0.25, 0.3) is 0 Å². The molecular formula is C11H18N2O2. The topological polar surface area (TPSA) is 58.9 Å². The van der Waals surface area contributed by atoms with Crippen LogP contribution in [0.4, 0.5) is 0 Å². The highest BCUT2D eigenvalue weighted by Crippen LogP contribution is 2.31. The lowest BCUT2D eigenvalue weighted by molar-refractivity contribution is 0.255. The van der Waals surface area contributed by atoms with Crippen molar-refractivity contribution < 1.29 is 4.42 Å². The molecule has 4 heteroatoms. The largest absolute Gasteiger partial charge is 0.434 e. The molecule has 0 bridgehead atoms. The van der Waals surface area contributed by atoms with Crippen molar-refractivity contribution >= 4 is 0 Å². The van der Waals surface area contributed by atoms with Crippen molar-refractivity contribution in [1.29, 1.82) is 0 Å². The van der Waals surface area contributed by atoms with Crippen molar-refractivity contribution in [1.82, 2.24) is 10.2 Å². The molecule has 4 nitrogen and oxygen atoms in total. The first-order chi connectivity index (χ1) is 7.28. The van der Waals surface area contributed by atoms with Crippen molar-refractivity contribution in [3.8, 4) is 0 Å². The summed E-state index contributed by atoms with van der Waals surface area (Å²) in [7, 11) is 0. The molecule has 1 saturated carbocycles. The molecule has 1 fully saturated rings. The number of hydrogen-bond donors (Lipinski definition) is 1. The average Bonchev–Trinajstić information content (AvgIpc) is 2.65. The first-order valence-electron chi connectivity index (χ1n) is 5.82. The molecule has 1 aromatic heterocycles. The lowest BCUT2D eigenvalue weighted by atomic mass is 9.79. The van der Waals surface area contributed by atoms with Gasteiger partial charge in [-0.2, -0.15) is 0 Å². The van der Waals surface area contributed by atoms with Gasteiger partial charge in [0.15, 0.2) is 0 Å². The summed E-state index contributed by atoms with van der Waals surface area (Å²) in [5.74, 6) is 1.69. The number of hydrogen-bond acceptors (Lipinski definition) is 3. The van der Waals surface area contributed by atoms with Gasteiger partial charge in [0.05, 0.1) is 0 Å². The zero-order valence-corrected chi connectivity index (χ0v) is 9.16. The van der Waals surface area contributed by atoms with E-state index in [9.17, 15) is 4.79 Å². The minimum atomic E-state index is -0.438. The fourth-order valence-electron chi connectivity index (χ4n) is 2.44. The predicted molar refractivity (Wildman–Crippen MR) is 56.6 cm³/mol. The number of aromatic amines is 1.